The van der Waals surface area contributed by atoms with Gasteiger partial charge in [0.15, 0.2) is 0 Å². The summed E-state index contributed by atoms with van der Waals surface area (Å²) >= 11 is 5.80. The van der Waals surface area contributed by atoms with E-state index in [0.717, 1.165) is 25.7 Å². The van der Waals surface area contributed by atoms with Crippen molar-refractivity contribution in [1.82, 2.24) is 5.32 Å². The Balaban J connectivity index is 2.11. The zero-order valence-corrected chi connectivity index (χ0v) is 11.2. The largest absolute Gasteiger partial charge is 0.349 e. The standard InChI is InChI=1S/C13H15ClN2O3/c14-10-6-9(7-12(8-10)16(18)19)13(17)15-11-4-2-1-3-5-11/h6-8,11H,1-5H2,(H,15,17). The SMILES string of the molecule is O=C(NC1CCCCC1)c1cc(Cl)cc([N+](=O)[O-])c1. The first-order chi connectivity index (χ1) is 9.06. The number of non-ortho nitro benzene ring substituents is 1. The van der Waals surface area contributed by atoms with Gasteiger partial charge in [0.25, 0.3) is 11.6 Å². The van der Waals surface area contributed by atoms with Gasteiger partial charge in [-0.3, -0.25) is 14.9 Å². The Kier molecular flexibility index (Phi) is 4.37. The zero-order valence-electron chi connectivity index (χ0n) is 10.4. The molecule has 0 saturated heterocycles. The predicted octanol–water partition coefficient (Wildman–Crippen LogP) is 3.31. The van der Waals surface area contributed by atoms with Crippen LogP contribution in [0.2, 0.25) is 5.02 Å². The molecule has 1 N–H and O–H groups in total. The third kappa shape index (κ3) is 3.67. The molecule has 102 valence electrons. The summed E-state index contributed by atoms with van der Waals surface area (Å²) in [6.45, 7) is 0. The van der Waals surface area contributed by atoms with E-state index in [1.54, 1.807) is 0 Å². The van der Waals surface area contributed by atoms with Crippen molar-refractivity contribution >= 4 is 23.2 Å². The molecule has 0 aliphatic heterocycles. The van der Waals surface area contributed by atoms with Crippen molar-refractivity contribution in [1.29, 1.82) is 0 Å². The van der Waals surface area contributed by atoms with Gasteiger partial charge in [-0.1, -0.05) is 30.9 Å². The lowest BCUT2D eigenvalue weighted by Gasteiger charge is -2.22. The maximum atomic E-state index is 12.0. The highest BCUT2D eigenvalue weighted by Crippen LogP contribution is 2.22. The molecule has 2 rings (SSSR count). The topological polar surface area (TPSA) is 72.2 Å². The van der Waals surface area contributed by atoms with E-state index in [0.29, 0.717) is 0 Å². The van der Waals surface area contributed by atoms with Crippen LogP contribution in [-0.2, 0) is 0 Å². The number of nitro benzene ring substituents is 1. The quantitative estimate of drug-likeness (QED) is 0.683. The van der Waals surface area contributed by atoms with Crippen molar-refractivity contribution in [2.75, 3.05) is 0 Å². The van der Waals surface area contributed by atoms with E-state index in [1.165, 1.54) is 24.6 Å². The van der Waals surface area contributed by atoms with Gasteiger partial charge in [0.05, 0.1) is 4.92 Å². The summed E-state index contributed by atoms with van der Waals surface area (Å²) < 4.78 is 0. The van der Waals surface area contributed by atoms with Crippen LogP contribution in [0.15, 0.2) is 18.2 Å². The predicted molar refractivity (Wildman–Crippen MR) is 72.4 cm³/mol. The van der Waals surface area contributed by atoms with Crippen LogP contribution in [0.25, 0.3) is 0 Å². The minimum atomic E-state index is -0.552. The second-order valence-electron chi connectivity index (χ2n) is 4.76. The molecule has 0 atom stereocenters. The van der Waals surface area contributed by atoms with E-state index in [9.17, 15) is 14.9 Å². The molecule has 5 nitrogen and oxygen atoms in total. The molecule has 1 aliphatic rings. The minimum Gasteiger partial charge on any atom is -0.349 e. The Labute approximate surface area is 116 Å². The smallest absolute Gasteiger partial charge is 0.271 e. The van der Waals surface area contributed by atoms with Crippen molar-refractivity contribution in [2.45, 2.75) is 38.1 Å². The number of carbonyl (C=O) groups is 1. The van der Waals surface area contributed by atoms with Gasteiger partial charge in [-0.25, -0.2) is 0 Å². The Bertz CT molecular complexity index is 499. The lowest BCUT2D eigenvalue weighted by atomic mass is 9.95. The van der Waals surface area contributed by atoms with Crippen molar-refractivity contribution in [3.05, 3.63) is 38.9 Å². The summed E-state index contributed by atoms with van der Waals surface area (Å²) in [5, 5.41) is 13.8. The van der Waals surface area contributed by atoms with Gasteiger partial charge in [0.1, 0.15) is 0 Å². The van der Waals surface area contributed by atoms with Gasteiger partial charge in [0, 0.05) is 28.8 Å². The molecule has 1 saturated carbocycles. The summed E-state index contributed by atoms with van der Waals surface area (Å²) in [6, 6.07) is 4.11. The van der Waals surface area contributed by atoms with Crippen LogP contribution in [-0.4, -0.2) is 16.9 Å². The number of rotatable bonds is 3. The van der Waals surface area contributed by atoms with Crippen LogP contribution in [0, 0.1) is 10.1 Å². The highest BCUT2D eigenvalue weighted by Gasteiger charge is 2.19. The number of amides is 1. The fourth-order valence-electron chi connectivity index (χ4n) is 2.33. The highest BCUT2D eigenvalue weighted by atomic mass is 35.5. The normalized spacial score (nSPS) is 16.1. The van der Waals surface area contributed by atoms with Gasteiger partial charge in [-0.05, 0) is 18.9 Å². The average Bonchev–Trinajstić information content (AvgIpc) is 2.39. The molecule has 1 aromatic carbocycles. The lowest BCUT2D eigenvalue weighted by Crippen LogP contribution is -2.36. The maximum absolute atomic E-state index is 12.0. The number of nitrogens with zero attached hydrogens (tertiary/aromatic N) is 1. The molecular weight excluding hydrogens is 268 g/mol. The van der Waals surface area contributed by atoms with Crippen LogP contribution in [0.5, 0.6) is 0 Å². The van der Waals surface area contributed by atoms with E-state index in [4.69, 9.17) is 11.6 Å². The molecule has 0 radical (unpaired) electrons. The van der Waals surface area contributed by atoms with Gasteiger partial charge in [-0.2, -0.15) is 0 Å². The molecular formula is C13H15ClN2O3. The second kappa shape index (κ2) is 6.02. The van der Waals surface area contributed by atoms with E-state index in [1.807, 2.05) is 0 Å². The average molecular weight is 283 g/mol. The van der Waals surface area contributed by atoms with Crippen LogP contribution in [0.1, 0.15) is 42.5 Å². The first kappa shape index (κ1) is 13.8. The lowest BCUT2D eigenvalue weighted by molar-refractivity contribution is -0.384. The molecule has 1 fully saturated rings. The van der Waals surface area contributed by atoms with Crippen molar-refractivity contribution in [3.8, 4) is 0 Å². The molecule has 0 unspecified atom stereocenters. The molecule has 0 aromatic heterocycles. The summed E-state index contributed by atoms with van der Waals surface area (Å²) in [5.41, 5.74) is 0.0751. The Morgan fingerprint density at radius 3 is 2.58 bits per heavy atom. The van der Waals surface area contributed by atoms with Crippen molar-refractivity contribution in [3.63, 3.8) is 0 Å². The number of nitro groups is 1. The summed E-state index contributed by atoms with van der Waals surface area (Å²) in [4.78, 5) is 22.2. The fourth-order valence-corrected chi connectivity index (χ4v) is 2.56. The van der Waals surface area contributed by atoms with Gasteiger partial charge in [-0.15, -0.1) is 0 Å². The Morgan fingerprint density at radius 2 is 1.95 bits per heavy atom. The second-order valence-corrected chi connectivity index (χ2v) is 5.20. The molecule has 1 amide bonds. The van der Waals surface area contributed by atoms with Crippen LogP contribution < -0.4 is 5.32 Å². The number of benzene rings is 1. The molecule has 1 aliphatic carbocycles. The molecule has 19 heavy (non-hydrogen) atoms. The third-order valence-electron chi connectivity index (χ3n) is 3.30. The first-order valence-electron chi connectivity index (χ1n) is 6.32. The molecule has 1 aromatic rings. The summed E-state index contributed by atoms with van der Waals surface area (Å²) in [6.07, 6.45) is 5.36. The third-order valence-corrected chi connectivity index (χ3v) is 3.51. The van der Waals surface area contributed by atoms with Gasteiger partial charge in [0.2, 0.25) is 0 Å². The van der Waals surface area contributed by atoms with Gasteiger partial charge < -0.3 is 5.32 Å². The Hall–Kier alpha value is -1.62. The van der Waals surface area contributed by atoms with Crippen molar-refractivity contribution < 1.29 is 9.72 Å². The first-order valence-corrected chi connectivity index (χ1v) is 6.70. The van der Waals surface area contributed by atoms with E-state index in [-0.39, 0.29) is 28.2 Å². The van der Waals surface area contributed by atoms with E-state index in [2.05, 4.69) is 5.32 Å². The fraction of sp³-hybridized carbons (Fsp3) is 0.462. The molecule has 0 spiro atoms. The minimum absolute atomic E-state index is 0.165. The van der Waals surface area contributed by atoms with Crippen LogP contribution in [0.4, 0.5) is 5.69 Å². The monoisotopic (exact) mass is 282 g/mol. The zero-order chi connectivity index (χ0) is 13.8. The highest BCUT2D eigenvalue weighted by molar-refractivity contribution is 6.31. The van der Waals surface area contributed by atoms with E-state index >= 15 is 0 Å². The number of halogens is 1. The summed E-state index contributed by atoms with van der Waals surface area (Å²) in [7, 11) is 0. The van der Waals surface area contributed by atoms with Crippen LogP contribution >= 0.6 is 11.6 Å². The number of nitrogens with one attached hydrogen (secondary N) is 1. The summed E-state index contributed by atoms with van der Waals surface area (Å²) in [5.74, 6) is -0.294. The number of hydrogen-bond acceptors (Lipinski definition) is 3. The molecule has 0 heterocycles. The number of carbonyl (C=O) groups excluding carboxylic acids is 1. The van der Waals surface area contributed by atoms with E-state index < -0.39 is 4.92 Å². The van der Waals surface area contributed by atoms with Gasteiger partial charge >= 0.3 is 0 Å². The number of hydrogen-bond donors (Lipinski definition) is 1. The van der Waals surface area contributed by atoms with Crippen molar-refractivity contribution in [2.24, 2.45) is 0 Å². The van der Waals surface area contributed by atoms with Crippen LogP contribution in [0.3, 0.4) is 0 Å². The molecule has 0 bridgehead atoms. The molecule has 6 heteroatoms. The Morgan fingerprint density at radius 1 is 1.26 bits per heavy atom. The maximum Gasteiger partial charge on any atom is 0.271 e.